The molecule has 3 aromatic rings. The number of carbonyl (C=O) groups excluding carboxylic acids is 1. The van der Waals surface area contributed by atoms with Crippen LogP contribution >= 0.6 is 0 Å². The predicted octanol–water partition coefficient (Wildman–Crippen LogP) is 2.92. The van der Waals surface area contributed by atoms with Crippen molar-refractivity contribution in [2.45, 2.75) is 12.3 Å². The summed E-state index contributed by atoms with van der Waals surface area (Å²) in [5.41, 5.74) is 1.07. The van der Waals surface area contributed by atoms with Gasteiger partial charge in [-0.15, -0.1) is 0 Å². The summed E-state index contributed by atoms with van der Waals surface area (Å²) in [6.07, 6.45) is 0.878. The summed E-state index contributed by atoms with van der Waals surface area (Å²) in [6.45, 7) is 1.41. The molecular formula is C22H19NO6. The molecule has 0 N–H and O–H groups in total. The van der Waals surface area contributed by atoms with Crippen molar-refractivity contribution in [2.75, 3.05) is 26.5 Å². The number of hydrogen-bond acceptors (Lipinski definition) is 6. The first-order valence-corrected chi connectivity index (χ1v) is 9.50. The van der Waals surface area contributed by atoms with Crippen LogP contribution in [0.4, 0.5) is 0 Å². The van der Waals surface area contributed by atoms with Crippen LogP contribution in [0.15, 0.2) is 57.7 Å². The second-order valence-electron chi connectivity index (χ2n) is 7.15. The molecule has 0 aliphatic carbocycles. The first kappa shape index (κ1) is 17.6. The van der Waals surface area contributed by atoms with Gasteiger partial charge in [0, 0.05) is 19.0 Å². The van der Waals surface area contributed by atoms with Gasteiger partial charge < -0.3 is 23.5 Å². The Morgan fingerprint density at radius 1 is 1.10 bits per heavy atom. The second-order valence-corrected chi connectivity index (χ2v) is 7.15. The summed E-state index contributed by atoms with van der Waals surface area (Å²) < 4.78 is 21.6. The molecule has 7 heteroatoms. The average Bonchev–Trinajstić information content (AvgIpc) is 3.40. The Kier molecular flexibility index (Phi) is 4.35. The Bertz CT molecular complexity index is 1140. The van der Waals surface area contributed by atoms with Crippen molar-refractivity contribution in [1.29, 1.82) is 0 Å². The molecule has 2 aliphatic heterocycles. The van der Waals surface area contributed by atoms with E-state index in [1.165, 1.54) is 6.07 Å². The van der Waals surface area contributed by atoms with E-state index in [-0.39, 0.29) is 25.2 Å². The van der Waals surface area contributed by atoms with Crippen LogP contribution in [0.1, 0.15) is 17.9 Å². The van der Waals surface area contributed by atoms with E-state index in [1.807, 2.05) is 24.3 Å². The van der Waals surface area contributed by atoms with Gasteiger partial charge in [0.2, 0.25) is 6.79 Å². The lowest BCUT2D eigenvalue weighted by Gasteiger charge is -2.17. The third-order valence-electron chi connectivity index (χ3n) is 5.37. The molecule has 0 spiro atoms. The van der Waals surface area contributed by atoms with Crippen LogP contribution in [0.3, 0.4) is 0 Å². The lowest BCUT2D eigenvalue weighted by Crippen LogP contribution is -2.33. The molecule has 148 valence electrons. The normalized spacial score (nSPS) is 17.7. The van der Waals surface area contributed by atoms with E-state index in [4.69, 9.17) is 18.6 Å². The molecule has 2 aliphatic rings. The van der Waals surface area contributed by atoms with Crippen molar-refractivity contribution in [2.24, 2.45) is 0 Å². The Morgan fingerprint density at radius 2 is 1.97 bits per heavy atom. The van der Waals surface area contributed by atoms with E-state index in [0.29, 0.717) is 29.8 Å². The maximum absolute atomic E-state index is 12.7. The summed E-state index contributed by atoms with van der Waals surface area (Å²) >= 11 is 0. The van der Waals surface area contributed by atoms with Crippen molar-refractivity contribution in [3.8, 4) is 17.2 Å². The molecular weight excluding hydrogens is 374 g/mol. The zero-order chi connectivity index (χ0) is 19.8. The zero-order valence-electron chi connectivity index (χ0n) is 15.6. The fourth-order valence-electron chi connectivity index (χ4n) is 3.86. The molecule has 1 amide bonds. The van der Waals surface area contributed by atoms with Crippen molar-refractivity contribution in [1.82, 2.24) is 4.90 Å². The number of hydrogen-bond donors (Lipinski definition) is 0. The third-order valence-corrected chi connectivity index (χ3v) is 5.37. The van der Waals surface area contributed by atoms with E-state index in [0.717, 1.165) is 23.5 Å². The third kappa shape index (κ3) is 3.40. The molecule has 1 fully saturated rings. The highest BCUT2D eigenvalue weighted by Crippen LogP contribution is 2.37. The molecule has 1 aromatic heterocycles. The molecule has 7 nitrogen and oxygen atoms in total. The summed E-state index contributed by atoms with van der Waals surface area (Å²) in [6, 6.07) is 14.3. The number of fused-ring (bicyclic) bond motifs is 2. The van der Waals surface area contributed by atoms with E-state index < -0.39 is 5.63 Å². The number of ether oxygens (including phenoxy) is 3. The van der Waals surface area contributed by atoms with Crippen LogP contribution in [0.2, 0.25) is 0 Å². The largest absolute Gasteiger partial charge is 0.483 e. The standard InChI is InChI=1S/C22H19NO6/c24-21(12-26-19-10-22(25)29-17-4-2-1-3-16(17)19)23-8-7-15(11-23)14-5-6-18-20(9-14)28-13-27-18/h1-6,9-10,15H,7-8,11-13H2. The van der Waals surface area contributed by atoms with E-state index in [1.54, 1.807) is 23.1 Å². The minimum Gasteiger partial charge on any atom is -0.483 e. The predicted molar refractivity (Wildman–Crippen MR) is 104 cm³/mol. The quantitative estimate of drug-likeness (QED) is 0.635. The Labute approximate surface area is 166 Å². The van der Waals surface area contributed by atoms with E-state index in [9.17, 15) is 9.59 Å². The van der Waals surface area contributed by atoms with Gasteiger partial charge in [-0.25, -0.2) is 4.79 Å². The first-order chi connectivity index (χ1) is 14.2. The summed E-state index contributed by atoms with van der Waals surface area (Å²) in [5, 5.41) is 0.666. The minimum absolute atomic E-state index is 0.106. The maximum atomic E-state index is 12.7. The summed E-state index contributed by atoms with van der Waals surface area (Å²) in [5.74, 6) is 2.01. The number of benzene rings is 2. The van der Waals surface area contributed by atoms with Crippen LogP contribution in [-0.2, 0) is 4.79 Å². The first-order valence-electron chi connectivity index (χ1n) is 9.50. The molecule has 5 rings (SSSR count). The maximum Gasteiger partial charge on any atom is 0.339 e. The molecule has 2 aromatic carbocycles. The van der Waals surface area contributed by atoms with Gasteiger partial charge in [0.1, 0.15) is 11.3 Å². The van der Waals surface area contributed by atoms with E-state index >= 15 is 0 Å². The topological polar surface area (TPSA) is 78.2 Å². The van der Waals surface area contributed by atoms with Gasteiger partial charge >= 0.3 is 5.63 Å². The zero-order valence-corrected chi connectivity index (χ0v) is 15.6. The lowest BCUT2D eigenvalue weighted by molar-refractivity contribution is -0.132. The van der Waals surface area contributed by atoms with Crippen molar-refractivity contribution < 1.29 is 23.4 Å². The number of rotatable bonds is 4. The molecule has 0 saturated carbocycles. The highest BCUT2D eigenvalue weighted by atomic mass is 16.7. The second kappa shape index (κ2) is 7.16. The van der Waals surface area contributed by atoms with Crippen LogP contribution in [0.5, 0.6) is 17.2 Å². The number of amides is 1. The lowest BCUT2D eigenvalue weighted by atomic mass is 9.98. The van der Waals surface area contributed by atoms with Gasteiger partial charge in [0.15, 0.2) is 18.1 Å². The van der Waals surface area contributed by atoms with Crippen LogP contribution in [0, 0.1) is 0 Å². The highest BCUT2D eigenvalue weighted by molar-refractivity contribution is 5.84. The van der Waals surface area contributed by atoms with Gasteiger partial charge in [-0.3, -0.25) is 4.79 Å². The van der Waals surface area contributed by atoms with E-state index in [2.05, 4.69) is 0 Å². The fourth-order valence-corrected chi connectivity index (χ4v) is 3.86. The molecule has 1 atom stereocenters. The number of likely N-dealkylation sites (tertiary alicyclic amines) is 1. The van der Waals surface area contributed by atoms with Crippen LogP contribution in [-0.4, -0.2) is 37.3 Å². The number of carbonyl (C=O) groups is 1. The van der Waals surface area contributed by atoms with Gasteiger partial charge in [0.05, 0.1) is 11.5 Å². The summed E-state index contributed by atoms with van der Waals surface area (Å²) in [4.78, 5) is 26.2. The van der Waals surface area contributed by atoms with Crippen molar-refractivity contribution in [3.63, 3.8) is 0 Å². The van der Waals surface area contributed by atoms with Crippen molar-refractivity contribution >= 4 is 16.9 Å². The van der Waals surface area contributed by atoms with Gasteiger partial charge in [-0.05, 0) is 36.2 Å². The molecule has 3 heterocycles. The minimum atomic E-state index is -0.504. The molecule has 0 radical (unpaired) electrons. The van der Waals surface area contributed by atoms with Gasteiger partial charge in [-0.1, -0.05) is 18.2 Å². The Morgan fingerprint density at radius 3 is 2.90 bits per heavy atom. The molecule has 0 bridgehead atoms. The van der Waals surface area contributed by atoms with Crippen LogP contribution in [0.25, 0.3) is 11.0 Å². The molecule has 1 saturated heterocycles. The molecule has 1 unspecified atom stereocenters. The number of nitrogens with zero attached hydrogens (tertiary/aromatic N) is 1. The Balaban J connectivity index is 1.25. The van der Waals surface area contributed by atoms with Gasteiger partial charge in [-0.2, -0.15) is 0 Å². The Hall–Kier alpha value is -3.48. The SMILES string of the molecule is O=C(COc1cc(=O)oc2ccccc12)N1CCC(c2ccc3c(c2)OCO3)C1. The monoisotopic (exact) mass is 393 g/mol. The highest BCUT2D eigenvalue weighted by Gasteiger charge is 2.29. The average molecular weight is 393 g/mol. The van der Waals surface area contributed by atoms with Crippen LogP contribution < -0.4 is 19.8 Å². The van der Waals surface area contributed by atoms with Crippen molar-refractivity contribution in [3.05, 3.63) is 64.5 Å². The number of para-hydroxylation sites is 1. The molecule has 29 heavy (non-hydrogen) atoms. The fraction of sp³-hybridized carbons (Fsp3) is 0.273. The smallest absolute Gasteiger partial charge is 0.339 e. The summed E-state index contributed by atoms with van der Waals surface area (Å²) in [7, 11) is 0. The van der Waals surface area contributed by atoms with Gasteiger partial charge in [0.25, 0.3) is 5.91 Å².